The summed E-state index contributed by atoms with van der Waals surface area (Å²) in [4.78, 5) is 22.9. The molecule has 0 aliphatic heterocycles. The van der Waals surface area contributed by atoms with Gasteiger partial charge in [0.2, 0.25) is 5.91 Å². The van der Waals surface area contributed by atoms with Crippen molar-refractivity contribution in [2.24, 2.45) is 0 Å². The molecule has 0 radical (unpaired) electrons. The monoisotopic (exact) mass is 285 g/mol. The normalized spacial score (nSPS) is 10.8. The van der Waals surface area contributed by atoms with Crippen LogP contribution >= 0.6 is 0 Å². The Morgan fingerprint density at radius 2 is 1.65 bits per heavy atom. The van der Waals surface area contributed by atoms with Gasteiger partial charge in [0.15, 0.2) is 0 Å². The van der Waals surface area contributed by atoms with Crippen LogP contribution in [0.15, 0.2) is 18.2 Å². The maximum atomic E-state index is 12.9. The van der Waals surface area contributed by atoms with E-state index >= 15 is 0 Å². The fourth-order valence-corrected chi connectivity index (χ4v) is 1.38. The van der Waals surface area contributed by atoms with Gasteiger partial charge >= 0.3 is 6.03 Å². The van der Waals surface area contributed by atoms with Gasteiger partial charge in [0, 0.05) is 17.3 Å². The molecule has 3 amide bonds. The Bertz CT molecular complexity index is 493. The van der Waals surface area contributed by atoms with E-state index in [0.717, 1.165) is 18.2 Å². The number of urea groups is 1. The van der Waals surface area contributed by atoms with Crippen molar-refractivity contribution in [1.29, 1.82) is 0 Å². The summed E-state index contributed by atoms with van der Waals surface area (Å²) in [6, 6.07) is 2.19. The van der Waals surface area contributed by atoms with E-state index in [1.165, 1.54) is 0 Å². The number of hydrogen-bond donors (Lipinski definition) is 3. The highest BCUT2D eigenvalue weighted by atomic mass is 19.1. The van der Waals surface area contributed by atoms with Crippen molar-refractivity contribution >= 4 is 17.6 Å². The molecule has 0 aromatic heterocycles. The zero-order valence-electron chi connectivity index (χ0n) is 11.5. The van der Waals surface area contributed by atoms with E-state index in [1.54, 1.807) is 20.8 Å². The summed E-state index contributed by atoms with van der Waals surface area (Å²) in [6.07, 6.45) is 0. The van der Waals surface area contributed by atoms with Crippen LogP contribution < -0.4 is 16.0 Å². The Morgan fingerprint density at radius 3 is 2.15 bits per heavy atom. The number of hydrogen-bond acceptors (Lipinski definition) is 3. The van der Waals surface area contributed by atoms with Crippen LogP contribution in [0.5, 0.6) is 0 Å². The molecule has 3 N–H and O–H groups in total. The first kappa shape index (κ1) is 15.9. The lowest BCUT2D eigenvalue weighted by molar-refractivity contribution is -0.118. The van der Waals surface area contributed by atoms with Crippen LogP contribution in [0.25, 0.3) is 0 Å². The molecule has 0 heterocycles. The molecular formula is C13H17F2N3O2. The van der Waals surface area contributed by atoms with E-state index in [-0.39, 0.29) is 12.2 Å². The van der Waals surface area contributed by atoms with Gasteiger partial charge in [0.1, 0.15) is 11.6 Å². The van der Waals surface area contributed by atoms with E-state index in [2.05, 4.69) is 16.0 Å². The van der Waals surface area contributed by atoms with Crippen LogP contribution in [0.2, 0.25) is 0 Å². The number of anilines is 1. The zero-order valence-corrected chi connectivity index (χ0v) is 11.5. The summed E-state index contributed by atoms with van der Waals surface area (Å²) in [5, 5.41) is 7.17. The van der Waals surface area contributed by atoms with Gasteiger partial charge in [0.25, 0.3) is 0 Å². The van der Waals surface area contributed by atoms with Crippen LogP contribution in [0.1, 0.15) is 20.8 Å². The average molecular weight is 285 g/mol. The Morgan fingerprint density at radius 1 is 1.10 bits per heavy atom. The third-order valence-corrected chi connectivity index (χ3v) is 2.06. The molecule has 0 fully saturated rings. The van der Waals surface area contributed by atoms with Gasteiger partial charge in [-0.25, -0.2) is 13.6 Å². The van der Waals surface area contributed by atoms with Crippen molar-refractivity contribution in [2.45, 2.75) is 26.3 Å². The number of halogens is 2. The van der Waals surface area contributed by atoms with Gasteiger partial charge in [-0.2, -0.15) is 0 Å². The van der Waals surface area contributed by atoms with Crippen LogP contribution in [-0.2, 0) is 4.79 Å². The third kappa shape index (κ3) is 6.12. The van der Waals surface area contributed by atoms with Gasteiger partial charge in [-0.05, 0) is 32.9 Å². The lowest BCUT2D eigenvalue weighted by atomic mass is 10.1. The number of rotatable bonds is 3. The summed E-state index contributed by atoms with van der Waals surface area (Å²) >= 11 is 0. The number of amides is 3. The number of imide groups is 1. The largest absolute Gasteiger partial charge is 0.376 e. The maximum absolute atomic E-state index is 12.9. The van der Waals surface area contributed by atoms with Gasteiger partial charge in [-0.3, -0.25) is 10.1 Å². The second-order valence-corrected chi connectivity index (χ2v) is 5.26. The first-order chi connectivity index (χ1) is 9.15. The molecule has 5 nitrogen and oxygen atoms in total. The van der Waals surface area contributed by atoms with Crippen molar-refractivity contribution in [3.63, 3.8) is 0 Å². The average Bonchev–Trinajstić information content (AvgIpc) is 2.22. The molecule has 0 spiro atoms. The third-order valence-electron chi connectivity index (χ3n) is 2.06. The predicted molar refractivity (Wildman–Crippen MR) is 71.3 cm³/mol. The number of carbonyl (C=O) groups is 2. The van der Waals surface area contributed by atoms with Crippen molar-refractivity contribution in [3.05, 3.63) is 29.8 Å². The summed E-state index contributed by atoms with van der Waals surface area (Å²) in [5.41, 5.74) is -0.349. The van der Waals surface area contributed by atoms with E-state index in [9.17, 15) is 18.4 Å². The van der Waals surface area contributed by atoms with Crippen LogP contribution in [-0.4, -0.2) is 24.0 Å². The molecule has 0 bridgehead atoms. The van der Waals surface area contributed by atoms with Gasteiger partial charge in [-0.15, -0.1) is 0 Å². The molecule has 1 aromatic carbocycles. The molecule has 0 saturated heterocycles. The second-order valence-electron chi connectivity index (χ2n) is 5.26. The van der Waals surface area contributed by atoms with Crippen molar-refractivity contribution in [2.75, 3.05) is 11.9 Å². The highest BCUT2D eigenvalue weighted by molar-refractivity contribution is 5.96. The molecular weight excluding hydrogens is 268 g/mol. The van der Waals surface area contributed by atoms with Crippen molar-refractivity contribution in [1.82, 2.24) is 10.6 Å². The molecule has 1 aromatic rings. The first-order valence-electron chi connectivity index (χ1n) is 5.98. The van der Waals surface area contributed by atoms with Crippen molar-refractivity contribution in [3.8, 4) is 0 Å². The molecule has 7 heteroatoms. The Kier molecular flexibility index (Phi) is 5.01. The SMILES string of the molecule is CC(C)(C)NC(=O)NC(=O)CNc1cc(F)cc(F)c1. The van der Waals surface area contributed by atoms with Crippen LogP contribution in [0, 0.1) is 11.6 Å². The highest BCUT2D eigenvalue weighted by Gasteiger charge is 2.15. The van der Waals surface area contributed by atoms with Crippen molar-refractivity contribution < 1.29 is 18.4 Å². The minimum Gasteiger partial charge on any atom is -0.376 e. The topological polar surface area (TPSA) is 70.2 Å². The molecule has 0 aliphatic rings. The minimum atomic E-state index is -0.751. The fourth-order valence-electron chi connectivity index (χ4n) is 1.38. The lowest BCUT2D eigenvalue weighted by Crippen LogP contribution is -2.49. The van der Waals surface area contributed by atoms with Gasteiger partial charge < -0.3 is 10.6 Å². The van der Waals surface area contributed by atoms with E-state index in [0.29, 0.717) is 0 Å². The van der Waals surface area contributed by atoms with Crippen LogP contribution in [0.3, 0.4) is 0 Å². The molecule has 0 aliphatic carbocycles. The standard InChI is InChI=1S/C13H17F2N3O2/c1-13(2,3)18-12(20)17-11(19)7-16-10-5-8(14)4-9(15)6-10/h4-6,16H,7H2,1-3H3,(H2,17,18,19,20). The summed E-state index contributed by atoms with van der Waals surface area (Å²) in [6.45, 7) is 5.03. The summed E-state index contributed by atoms with van der Waals surface area (Å²) in [7, 11) is 0. The van der Waals surface area contributed by atoms with Gasteiger partial charge in [-0.1, -0.05) is 0 Å². The Hall–Kier alpha value is -2.18. The molecule has 20 heavy (non-hydrogen) atoms. The second kappa shape index (κ2) is 6.31. The zero-order chi connectivity index (χ0) is 15.3. The maximum Gasteiger partial charge on any atom is 0.321 e. The quantitative estimate of drug-likeness (QED) is 0.795. The summed E-state index contributed by atoms with van der Waals surface area (Å²) in [5.74, 6) is -2.12. The number of benzene rings is 1. The van der Waals surface area contributed by atoms with E-state index < -0.39 is 29.1 Å². The number of nitrogens with one attached hydrogen (secondary N) is 3. The molecule has 110 valence electrons. The molecule has 0 saturated carbocycles. The number of carbonyl (C=O) groups excluding carboxylic acids is 2. The Balaban J connectivity index is 2.45. The van der Waals surface area contributed by atoms with Crippen LogP contribution in [0.4, 0.5) is 19.3 Å². The van der Waals surface area contributed by atoms with Gasteiger partial charge in [0.05, 0.1) is 6.54 Å². The Labute approximate surface area is 115 Å². The predicted octanol–water partition coefficient (Wildman–Crippen LogP) is 2.00. The molecule has 0 unspecified atom stereocenters. The van der Waals surface area contributed by atoms with E-state index in [1.807, 2.05) is 0 Å². The molecule has 0 atom stereocenters. The lowest BCUT2D eigenvalue weighted by Gasteiger charge is -2.20. The highest BCUT2D eigenvalue weighted by Crippen LogP contribution is 2.12. The smallest absolute Gasteiger partial charge is 0.321 e. The molecule has 1 rings (SSSR count). The minimum absolute atomic E-state index is 0.119. The fraction of sp³-hybridized carbons (Fsp3) is 0.385. The summed E-state index contributed by atoms with van der Waals surface area (Å²) < 4.78 is 25.8. The first-order valence-corrected chi connectivity index (χ1v) is 5.98. The van der Waals surface area contributed by atoms with E-state index in [4.69, 9.17) is 0 Å².